The summed E-state index contributed by atoms with van der Waals surface area (Å²) in [4.78, 5) is 5.12. The van der Waals surface area contributed by atoms with Crippen molar-refractivity contribution < 1.29 is 5.11 Å². The van der Waals surface area contributed by atoms with Gasteiger partial charge in [0.05, 0.1) is 28.6 Å². The first kappa shape index (κ1) is 25.4. The summed E-state index contributed by atoms with van der Waals surface area (Å²) in [6.07, 6.45) is 1.81. The van der Waals surface area contributed by atoms with Gasteiger partial charge < -0.3 is 5.11 Å². The molecule has 3 aromatic heterocycles. The van der Waals surface area contributed by atoms with E-state index in [1.807, 2.05) is 42.5 Å². The minimum Gasteiger partial charge on any atom is -0.507 e. The maximum Gasteiger partial charge on any atom is 0.168 e. The van der Waals surface area contributed by atoms with Crippen molar-refractivity contribution >= 4 is 54.1 Å². The van der Waals surface area contributed by atoms with Gasteiger partial charge in [0.2, 0.25) is 0 Å². The molecular weight excluding hydrogens is 552 g/mol. The highest BCUT2D eigenvalue weighted by Crippen LogP contribution is 2.38. The van der Waals surface area contributed by atoms with Crippen LogP contribution in [0.3, 0.4) is 0 Å². The summed E-state index contributed by atoms with van der Waals surface area (Å²) < 4.78 is 2.21. The van der Waals surface area contributed by atoms with Crippen molar-refractivity contribution in [1.29, 1.82) is 0 Å². The predicted molar refractivity (Wildman–Crippen MR) is 184 cm³/mol. The Labute approximate surface area is 258 Å². The molecule has 5 nitrogen and oxygen atoms in total. The molecule has 212 valence electrons. The highest BCUT2D eigenvalue weighted by atomic mass is 16.3. The van der Waals surface area contributed by atoms with E-state index in [1.54, 1.807) is 6.20 Å². The van der Waals surface area contributed by atoms with Crippen LogP contribution >= 0.6 is 0 Å². The summed E-state index contributed by atoms with van der Waals surface area (Å²) in [5, 5.41) is 28.9. The van der Waals surface area contributed by atoms with Gasteiger partial charge >= 0.3 is 0 Å². The maximum absolute atomic E-state index is 11.2. The number of hydrogen-bond acceptors (Lipinski definition) is 4. The highest BCUT2D eigenvalue weighted by Gasteiger charge is 2.17. The molecule has 0 aliphatic heterocycles. The van der Waals surface area contributed by atoms with Gasteiger partial charge in [0.1, 0.15) is 5.75 Å². The fourth-order valence-electron chi connectivity index (χ4n) is 6.67. The summed E-state index contributed by atoms with van der Waals surface area (Å²) in [5.41, 5.74) is 6.43. The first-order valence-electron chi connectivity index (χ1n) is 15.0. The second-order valence-electron chi connectivity index (χ2n) is 11.7. The highest BCUT2D eigenvalue weighted by molar-refractivity contribution is 6.11. The van der Waals surface area contributed by atoms with Crippen LogP contribution in [0.4, 0.5) is 0 Å². The molecule has 0 atom stereocenters. The van der Waals surface area contributed by atoms with Crippen molar-refractivity contribution in [2.24, 2.45) is 0 Å². The second kappa shape index (κ2) is 9.73. The van der Waals surface area contributed by atoms with E-state index in [-0.39, 0.29) is 5.75 Å². The zero-order valence-corrected chi connectivity index (χ0v) is 24.4. The van der Waals surface area contributed by atoms with Gasteiger partial charge in [-0.15, -0.1) is 5.10 Å². The van der Waals surface area contributed by atoms with Gasteiger partial charge in [-0.3, -0.25) is 4.57 Å². The molecule has 3 heterocycles. The van der Waals surface area contributed by atoms with Crippen LogP contribution in [0.1, 0.15) is 5.56 Å². The lowest BCUT2D eigenvalue weighted by Gasteiger charge is -2.12. The number of aromatic nitrogens is 4. The predicted octanol–water partition coefficient (Wildman–Crippen LogP) is 9.78. The minimum atomic E-state index is 0.215. The van der Waals surface area contributed by atoms with E-state index >= 15 is 0 Å². The average molecular weight is 579 g/mol. The molecule has 0 saturated carbocycles. The molecule has 0 radical (unpaired) electrons. The lowest BCUT2D eigenvalue weighted by atomic mass is 9.98. The third-order valence-corrected chi connectivity index (χ3v) is 8.80. The van der Waals surface area contributed by atoms with Crippen molar-refractivity contribution in [2.45, 2.75) is 6.92 Å². The Hall–Kier alpha value is -6.07. The van der Waals surface area contributed by atoms with Crippen LogP contribution in [-0.2, 0) is 0 Å². The number of aryl methyl sites for hydroxylation is 1. The van der Waals surface area contributed by atoms with Crippen LogP contribution < -0.4 is 0 Å². The SMILES string of the molecule is Cc1cc(-c2ccc3c4ccccc4n(-c4nncc5ccccc45)c3c2)nc(-c2cc3cc4ccccc4cc3cc2O)c1. The van der Waals surface area contributed by atoms with E-state index < -0.39 is 0 Å². The summed E-state index contributed by atoms with van der Waals surface area (Å²) >= 11 is 0. The molecule has 0 saturated heterocycles. The molecule has 0 fully saturated rings. The van der Waals surface area contributed by atoms with Crippen LogP contribution in [0.5, 0.6) is 5.75 Å². The monoisotopic (exact) mass is 578 g/mol. The number of para-hydroxylation sites is 1. The number of hydrogen-bond donors (Lipinski definition) is 1. The normalized spacial score (nSPS) is 11.8. The third kappa shape index (κ3) is 4.05. The molecule has 0 amide bonds. The topological polar surface area (TPSA) is 63.8 Å². The third-order valence-electron chi connectivity index (χ3n) is 8.80. The number of aromatic hydroxyl groups is 1. The van der Waals surface area contributed by atoms with Crippen LogP contribution in [0.2, 0.25) is 0 Å². The van der Waals surface area contributed by atoms with Gasteiger partial charge in [-0.2, -0.15) is 5.10 Å². The van der Waals surface area contributed by atoms with Gasteiger partial charge in [0.25, 0.3) is 0 Å². The number of fused-ring (bicyclic) bond motifs is 6. The van der Waals surface area contributed by atoms with Crippen molar-refractivity contribution in [3.05, 3.63) is 139 Å². The van der Waals surface area contributed by atoms with Gasteiger partial charge in [0.15, 0.2) is 5.82 Å². The Morgan fingerprint density at radius 1 is 0.556 bits per heavy atom. The molecule has 0 aliphatic carbocycles. The van der Waals surface area contributed by atoms with Gasteiger partial charge in [-0.05, 0) is 82.6 Å². The number of benzene rings is 6. The fraction of sp³-hybridized carbons (Fsp3) is 0.0250. The van der Waals surface area contributed by atoms with Crippen LogP contribution in [-0.4, -0.2) is 24.9 Å². The first-order chi connectivity index (χ1) is 22.1. The number of pyridine rings is 1. The van der Waals surface area contributed by atoms with E-state index in [9.17, 15) is 5.11 Å². The van der Waals surface area contributed by atoms with Gasteiger partial charge in [0, 0.05) is 32.7 Å². The van der Waals surface area contributed by atoms with E-state index in [4.69, 9.17) is 4.98 Å². The van der Waals surface area contributed by atoms with Crippen molar-refractivity contribution in [1.82, 2.24) is 19.7 Å². The van der Waals surface area contributed by atoms with Crippen LogP contribution in [0, 0.1) is 6.92 Å². The molecule has 9 aromatic rings. The quantitative estimate of drug-likeness (QED) is 0.212. The van der Waals surface area contributed by atoms with Crippen molar-refractivity contribution in [2.75, 3.05) is 0 Å². The first-order valence-corrected chi connectivity index (χ1v) is 15.0. The van der Waals surface area contributed by atoms with Crippen molar-refractivity contribution in [3.8, 4) is 34.1 Å². The lowest BCUT2D eigenvalue weighted by Crippen LogP contribution is -2.00. The average Bonchev–Trinajstić information content (AvgIpc) is 3.40. The molecule has 45 heavy (non-hydrogen) atoms. The largest absolute Gasteiger partial charge is 0.507 e. The number of rotatable bonds is 3. The zero-order valence-electron chi connectivity index (χ0n) is 24.4. The molecular formula is C40H26N4O. The molecule has 6 aromatic carbocycles. The lowest BCUT2D eigenvalue weighted by molar-refractivity contribution is 0.478. The standard InChI is InChI=1S/C40H26N4O/c1-24-16-35(42-36(17-24)34-20-29-18-25-8-2-3-9-26(25)19-30(29)22-39(34)45)27-14-15-33-32-12-6-7-13-37(32)44(38(33)21-27)40-31-11-5-4-10-28(31)23-41-43-40/h2-23,45H,1H3. The fourth-order valence-corrected chi connectivity index (χ4v) is 6.67. The Balaban J connectivity index is 1.24. The smallest absolute Gasteiger partial charge is 0.168 e. The minimum absolute atomic E-state index is 0.215. The second-order valence-corrected chi connectivity index (χ2v) is 11.7. The summed E-state index contributed by atoms with van der Waals surface area (Å²) in [6, 6.07) is 43.7. The zero-order chi connectivity index (χ0) is 30.1. The number of phenolic OH excluding ortho intramolecular Hbond substituents is 1. The molecule has 0 aliphatic rings. The molecule has 9 rings (SSSR count). The summed E-state index contributed by atoms with van der Waals surface area (Å²) in [5.74, 6) is 1.01. The van der Waals surface area contributed by atoms with E-state index in [0.29, 0.717) is 5.56 Å². The van der Waals surface area contributed by atoms with Gasteiger partial charge in [-0.25, -0.2) is 4.98 Å². The van der Waals surface area contributed by atoms with E-state index in [1.165, 1.54) is 5.39 Å². The summed E-state index contributed by atoms with van der Waals surface area (Å²) in [6.45, 7) is 2.07. The Morgan fingerprint density at radius 2 is 1.22 bits per heavy atom. The van der Waals surface area contributed by atoms with E-state index in [2.05, 4.69) is 107 Å². The molecule has 5 heteroatoms. The maximum atomic E-state index is 11.2. The van der Waals surface area contributed by atoms with E-state index in [0.717, 1.165) is 77.1 Å². The molecule has 0 bridgehead atoms. The van der Waals surface area contributed by atoms with Crippen molar-refractivity contribution in [3.63, 3.8) is 0 Å². The number of nitrogens with zero attached hydrogens (tertiary/aromatic N) is 4. The Bertz CT molecular complexity index is 2630. The van der Waals surface area contributed by atoms with Gasteiger partial charge in [-0.1, -0.05) is 78.9 Å². The molecule has 0 spiro atoms. The molecule has 1 N–H and O–H groups in total. The van der Waals surface area contributed by atoms with Crippen LogP contribution in [0.25, 0.3) is 82.5 Å². The molecule has 0 unspecified atom stereocenters. The summed E-state index contributed by atoms with van der Waals surface area (Å²) in [7, 11) is 0. The number of phenols is 1. The van der Waals surface area contributed by atoms with Crippen LogP contribution in [0.15, 0.2) is 134 Å². The Kier molecular flexibility index (Phi) is 5.50. The Morgan fingerprint density at radius 3 is 2.04 bits per heavy atom.